The van der Waals surface area contributed by atoms with E-state index in [9.17, 15) is 8.78 Å². The van der Waals surface area contributed by atoms with Crippen LogP contribution in [0.4, 0.5) is 14.5 Å². The second-order valence-corrected chi connectivity index (χ2v) is 2.33. The van der Waals surface area contributed by atoms with E-state index in [1.165, 1.54) is 7.11 Å². The first-order valence-corrected chi connectivity index (χ1v) is 3.47. The van der Waals surface area contributed by atoms with Gasteiger partial charge in [-0.25, -0.2) is 4.39 Å². The van der Waals surface area contributed by atoms with Crippen molar-refractivity contribution in [2.45, 2.75) is 0 Å². The van der Waals surface area contributed by atoms with Crippen molar-refractivity contribution in [3.63, 3.8) is 0 Å². The molecule has 0 atom stereocenters. The Morgan fingerprint density at radius 3 is 2.23 bits per heavy atom. The van der Waals surface area contributed by atoms with Crippen molar-refractivity contribution in [1.82, 2.24) is 0 Å². The van der Waals surface area contributed by atoms with Crippen LogP contribution in [0.1, 0.15) is 0 Å². The van der Waals surface area contributed by atoms with Crippen molar-refractivity contribution in [1.29, 1.82) is 0 Å². The van der Waals surface area contributed by atoms with Crippen molar-refractivity contribution >= 4 is 5.69 Å². The molecule has 13 heavy (non-hydrogen) atoms. The fourth-order valence-electron chi connectivity index (χ4n) is 0.935. The number of methoxy groups -OCH3 is 2. The summed E-state index contributed by atoms with van der Waals surface area (Å²) < 4.78 is 35.3. The number of anilines is 1. The molecule has 0 spiro atoms. The minimum atomic E-state index is -0.916. The summed E-state index contributed by atoms with van der Waals surface area (Å²) in [6.07, 6.45) is 0. The van der Waals surface area contributed by atoms with Crippen molar-refractivity contribution < 1.29 is 18.3 Å². The van der Waals surface area contributed by atoms with E-state index in [1.807, 2.05) is 0 Å². The molecular formula is C8H9F2NO2. The zero-order chi connectivity index (χ0) is 10.0. The Morgan fingerprint density at radius 1 is 1.15 bits per heavy atom. The summed E-state index contributed by atoms with van der Waals surface area (Å²) in [4.78, 5) is 0. The van der Waals surface area contributed by atoms with Gasteiger partial charge in [0.1, 0.15) is 0 Å². The van der Waals surface area contributed by atoms with Gasteiger partial charge >= 0.3 is 0 Å². The number of hydrogen-bond acceptors (Lipinski definition) is 3. The molecule has 1 rings (SSSR count). The molecule has 5 heteroatoms. The van der Waals surface area contributed by atoms with Crippen LogP contribution in [0, 0.1) is 11.6 Å². The normalized spacial score (nSPS) is 9.85. The quantitative estimate of drug-likeness (QED) is 0.718. The molecule has 1 aromatic carbocycles. The minimum Gasteiger partial charge on any atom is -0.493 e. The molecule has 0 aliphatic rings. The average molecular weight is 189 g/mol. The number of rotatable bonds is 2. The summed E-state index contributed by atoms with van der Waals surface area (Å²) >= 11 is 0. The van der Waals surface area contributed by atoms with Gasteiger partial charge in [0.05, 0.1) is 19.9 Å². The van der Waals surface area contributed by atoms with Crippen LogP contribution in [-0.4, -0.2) is 14.2 Å². The van der Waals surface area contributed by atoms with Crippen LogP contribution in [0.2, 0.25) is 0 Å². The number of halogens is 2. The SMILES string of the molecule is COc1cc(N)c(F)c(OC)c1F. The highest BCUT2D eigenvalue weighted by molar-refractivity contribution is 5.53. The van der Waals surface area contributed by atoms with Gasteiger partial charge in [-0.1, -0.05) is 0 Å². The van der Waals surface area contributed by atoms with Gasteiger partial charge in [0.15, 0.2) is 17.3 Å². The lowest BCUT2D eigenvalue weighted by Crippen LogP contribution is -2.00. The third kappa shape index (κ3) is 1.49. The fraction of sp³-hybridized carbons (Fsp3) is 0.250. The van der Waals surface area contributed by atoms with Gasteiger partial charge in [-0.05, 0) is 0 Å². The first kappa shape index (κ1) is 9.57. The van der Waals surface area contributed by atoms with E-state index in [4.69, 9.17) is 5.73 Å². The fourth-order valence-corrected chi connectivity index (χ4v) is 0.935. The lowest BCUT2D eigenvalue weighted by Gasteiger charge is -2.09. The van der Waals surface area contributed by atoms with Gasteiger partial charge in [0, 0.05) is 6.07 Å². The third-order valence-corrected chi connectivity index (χ3v) is 1.58. The summed E-state index contributed by atoms with van der Waals surface area (Å²) in [6, 6.07) is 1.06. The molecule has 72 valence electrons. The Morgan fingerprint density at radius 2 is 1.77 bits per heavy atom. The summed E-state index contributed by atoms with van der Waals surface area (Å²) in [6.45, 7) is 0. The van der Waals surface area contributed by atoms with Gasteiger partial charge in [0.25, 0.3) is 0 Å². The molecular weight excluding hydrogens is 180 g/mol. The second kappa shape index (κ2) is 3.47. The maximum atomic E-state index is 13.2. The molecule has 0 unspecified atom stereocenters. The van der Waals surface area contributed by atoms with Gasteiger partial charge in [-0.15, -0.1) is 0 Å². The molecule has 0 aliphatic heterocycles. The highest BCUT2D eigenvalue weighted by atomic mass is 19.1. The predicted molar refractivity (Wildman–Crippen MR) is 43.9 cm³/mol. The number of nitrogens with two attached hydrogens (primary N) is 1. The van der Waals surface area contributed by atoms with Crippen molar-refractivity contribution in [2.24, 2.45) is 0 Å². The highest BCUT2D eigenvalue weighted by Crippen LogP contribution is 2.33. The minimum absolute atomic E-state index is 0.143. The van der Waals surface area contributed by atoms with Gasteiger partial charge in [0.2, 0.25) is 5.82 Å². The summed E-state index contributed by atoms with van der Waals surface area (Å²) in [5, 5.41) is 0. The van der Waals surface area contributed by atoms with Crippen LogP contribution in [0.15, 0.2) is 6.07 Å². The number of hydrogen-bond donors (Lipinski definition) is 1. The number of nitrogen functional groups attached to an aromatic ring is 1. The van der Waals surface area contributed by atoms with Crippen LogP contribution in [-0.2, 0) is 0 Å². The van der Waals surface area contributed by atoms with Crippen LogP contribution >= 0.6 is 0 Å². The molecule has 0 amide bonds. The van der Waals surface area contributed by atoms with Crippen molar-refractivity contribution in [3.8, 4) is 11.5 Å². The molecule has 0 radical (unpaired) electrons. The van der Waals surface area contributed by atoms with Crippen LogP contribution < -0.4 is 15.2 Å². The zero-order valence-electron chi connectivity index (χ0n) is 7.23. The first-order valence-electron chi connectivity index (χ1n) is 3.47. The smallest absolute Gasteiger partial charge is 0.210 e. The average Bonchev–Trinajstić information content (AvgIpc) is 2.12. The maximum Gasteiger partial charge on any atom is 0.210 e. The lowest BCUT2D eigenvalue weighted by molar-refractivity contribution is 0.334. The lowest BCUT2D eigenvalue weighted by atomic mass is 10.2. The standard InChI is InChI=1S/C8H9F2NO2/c1-12-5-3-4(11)6(9)8(13-2)7(5)10/h3H,11H2,1-2H3. The number of benzene rings is 1. The van der Waals surface area contributed by atoms with Gasteiger partial charge in [-0.3, -0.25) is 0 Å². The van der Waals surface area contributed by atoms with E-state index in [0.717, 1.165) is 13.2 Å². The van der Waals surface area contributed by atoms with E-state index < -0.39 is 17.4 Å². The van der Waals surface area contributed by atoms with E-state index in [0.29, 0.717) is 0 Å². The zero-order valence-corrected chi connectivity index (χ0v) is 7.23. The van der Waals surface area contributed by atoms with Gasteiger partial charge < -0.3 is 15.2 Å². The van der Waals surface area contributed by atoms with Crippen molar-refractivity contribution in [3.05, 3.63) is 17.7 Å². The maximum absolute atomic E-state index is 13.2. The molecule has 0 saturated heterocycles. The van der Waals surface area contributed by atoms with E-state index in [-0.39, 0.29) is 11.4 Å². The Bertz CT molecular complexity index is 328. The second-order valence-electron chi connectivity index (χ2n) is 2.33. The molecule has 0 aliphatic carbocycles. The Kier molecular flexibility index (Phi) is 2.55. The van der Waals surface area contributed by atoms with Gasteiger partial charge in [-0.2, -0.15) is 4.39 Å². The molecule has 3 nitrogen and oxygen atoms in total. The van der Waals surface area contributed by atoms with E-state index in [2.05, 4.69) is 9.47 Å². The molecule has 0 heterocycles. The predicted octanol–water partition coefficient (Wildman–Crippen LogP) is 1.56. The summed E-state index contributed by atoms with van der Waals surface area (Å²) in [5.41, 5.74) is 5.03. The molecule has 2 N–H and O–H groups in total. The Hall–Kier alpha value is -1.52. The Balaban J connectivity index is 3.39. The van der Waals surface area contributed by atoms with Crippen molar-refractivity contribution in [2.75, 3.05) is 20.0 Å². The molecule has 0 saturated carbocycles. The highest BCUT2D eigenvalue weighted by Gasteiger charge is 2.18. The molecule has 0 aromatic heterocycles. The molecule has 0 bridgehead atoms. The van der Waals surface area contributed by atoms with Crippen LogP contribution in [0.5, 0.6) is 11.5 Å². The Labute approximate surface area is 74.1 Å². The van der Waals surface area contributed by atoms with E-state index in [1.54, 1.807) is 0 Å². The largest absolute Gasteiger partial charge is 0.493 e. The van der Waals surface area contributed by atoms with E-state index >= 15 is 0 Å². The van der Waals surface area contributed by atoms with Crippen LogP contribution in [0.25, 0.3) is 0 Å². The summed E-state index contributed by atoms with van der Waals surface area (Å²) in [7, 11) is 2.41. The topological polar surface area (TPSA) is 44.5 Å². The molecule has 1 aromatic rings. The summed E-state index contributed by atoms with van der Waals surface area (Å²) in [5.74, 6) is -2.48. The third-order valence-electron chi connectivity index (χ3n) is 1.58. The first-order chi connectivity index (χ1) is 6.11. The monoisotopic (exact) mass is 189 g/mol. The number of ether oxygens (including phenoxy) is 2. The van der Waals surface area contributed by atoms with Crippen LogP contribution in [0.3, 0.4) is 0 Å². The molecule has 0 fully saturated rings.